The highest BCUT2D eigenvalue weighted by Gasteiger charge is 2.38. The van der Waals surface area contributed by atoms with Gasteiger partial charge >= 0.3 is 11.9 Å². The van der Waals surface area contributed by atoms with Crippen LogP contribution in [0.5, 0.6) is 0 Å². The van der Waals surface area contributed by atoms with Gasteiger partial charge in [-0.25, -0.2) is 4.79 Å². The Hall–Kier alpha value is -2.90. The maximum absolute atomic E-state index is 13.3. The minimum absolute atomic E-state index is 0. The van der Waals surface area contributed by atoms with Gasteiger partial charge in [-0.3, -0.25) is 14.9 Å². The van der Waals surface area contributed by atoms with Crippen molar-refractivity contribution in [1.29, 1.82) is 0 Å². The van der Waals surface area contributed by atoms with Gasteiger partial charge in [0, 0.05) is 13.0 Å². The Balaban J connectivity index is 0.00000385. The normalized spacial score (nSPS) is 16.7. The Bertz CT molecular complexity index is 953. The summed E-state index contributed by atoms with van der Waals surface area (Å²) in [6.45, 7) is 3.89. The summed E-state index contributed by atoms with van der Waals surface area (Å²) in [5, 5.41) is 12.6. The summed E-state index contributed by atoms with van der Waals surface area (Å²) in [6, 6.07) is 15.0. The van der Waals surface area contributed by atoms with Crippen molar-refractivity contribution >= 4 is 30.3 Å². The van der Waals surface area contributed by atoms with Crippen molar-refractivity contribution in [3.8, 4) is 0 Å². The molecule has 1 heterocycles. The summed E-state index contributed by atoms with van der Waals surface area (Å²) < 4.78 is 5.22. The molecule has 0 spiro atoms. The Morgan fingerprint density at radius 1 is 1.09 bits per heavy atom. The SMILES string of the molecule is CCOC(=O)[C@@H]1Cc2ccccc2CN1C(=O)[C@H](C)N[C@@H](CCc1ccccc1)C(=O)O.Cl. The second-order valence-corrected chi connectivity index (χ2v) is 8.01. The van der Waals surface area contributed by atoms with Gasteiger partial charge < -0.3 is 14.7 Å². The molecule has 2 N–H and O–H groups in total. The van der Waals surface area contributed by atoms with Gasteiger partial charge in [-0.2, -0.15) is 0 Å². The summed E-state index contributed by atoms with van der Waals surface area (Å²) in [6.07, 6.45) is 1.30. The van der Waals surface area contributed by atoms with Gasteiger partial charge in [-0.05, 0) is 43.4 Å². The standard InChI is InChI=1S/C25H30N2O5.ClH/c1-3-32-25(31)22-15-19-11-7-8-12-20(19)16-27(22)23(28)17(2)26-21(24(29)30)14-13-18-9-5-4-6-10-18;/h4-12,17,21-22,26H,3,13-16H2,1-2H3,(H,29,30);1H/t17-,21-,22-;/m0./s1. The number of hydrogen-bond acceptors (Lipinski definition) is 5. The first kappa shape index (κ1) is 26.4. The largest absolute Gasteiger partial charge is 0.480 e. The number of fused-ring (bicyclic) bond motifs is 1. The van der Waals surface area contributed by atoms with Gasteiger partial charge in [0.2, 0.25) is 5.91 Å². The van der Waals surface area contributed by atoms with Crippen molar-refractivity contribution in [3.05, 3.63) is 71.3 Å². The molecule has 0 aliphatic carbocycles. The fourth-order valence-corrected chi connectivity index (χ4v) is 4.06. The lowest BCUT2D eigenvalue weighted by molar-refractivity contribution is -0.157. The van der Waals surface area contributed by atoms with Crippen molar-refractivity contribution in [2.45, 2.75) is 57.8 Å². The third-order valence-electron chi connectivity index (χ3n) is 5.77. The first-order valence-corrected chi connectivity index (χ1v) is 11.0. The fourth-order valence-electron chi connectivity index (χ4n) is 4.06. The van der Waals surface area contributed by atoms with Crippen LogP contribution in [0.1, 0.15) is 37.0 Å². The first-order valence-electron chi connectivity index (χ1n) is 11.0. The van der Waals surface area contributed by atoms with Crippen molar-refractivity contribution in [2.24, 2.45) is 0 Å². The Morgan fingerprint density at radius 2 is 1.73 bits per heavy atom. The molecule has 7 nitrogen and oxygen atoms in total. The van der Waals surface area contributed by atoms with E-state index in [4.69, 9.17) is 4.74 Å². The molecule has 0 radical (unpaired) electrons. The van der Waals surface area contributed by atoms with Gasteiger partial charge in [0.25, 0.3) is 0 Å². The molecular formula is C25H31ClN2O5. The Kier molecular flexibility index (Phi) is 9.88. The van der Waals surface area contributed by atoms with Gasteiger partial charge in [-0.15, -0.1) is 12.4 Å². The van der Waals surface area contributed by atoms with Crippen LogP contribution in [0.2, 0.25) is 0 Å². The van der Waals surface area contributed by atoms with Gasteiger partial charge in [0.05, 0.1) is 12.6 Å². The fraction of sp³-hybridized carbons (Fsp3) is 0.400. The minimum atomic E-state index is -1.01. The number of ether oxygens (including phenoxy) is 1. The zero-order chi connectivity index (χ0) is 23.1. The van der Waals surface area contributed by atoms with E-state index in [-0.39, 0.29) is 31.5 Å². The molecule has 3 rings (SSSR count). The predicted octanol–water partition coefficient (Wildman–Crippen LogP) is 2.99. The molecule has 0 bridgehead atoms. The Morgan fingerprint density at radius 3 is 2.36 bits per heavy atom. The highest BCUT2D eigenvalue weighted by atomic mass is 35.5. The topological polar surface area (TPSA) is 95.9 Å². The number of rotatable bonds is 9. The number of halogens is 1. The van der Waals surface area contributed by atoms with E-state index >= 15 is 0 Å². The number of carboxylic acids is 1. The second kappa shape index (κ2) is 12.4. The average molecular weight is 475 g/mol. The predicted molar refractivity (Wildman–Crippen MR) is 127 cm³/mol. The van der Waals surface area contributed by atoms with Crippen LogP contribution in [-0.4, -0.2) is 52.6 Å². The van der Waals surface area contributed by atoms with Crippen LogP contribution in [0.25, 0.3) is 0 Å². The zero-order valence-electron chi connectivity index (χ0n) is 18.9. The zero-order valence-corrected chi connectivity index (χ0v) is 19.7. The number of aryl methyl sites for hydroxylation is 1. The number of esters is 1. The van der Waals surface area contributed by atoms with Gasteiger partial charge in [-0.1, -0.05) is 54.6 Å². The van der Waals surface area contributed by atoms with Crippen LogP contribution >= 0.6 is 12.4 Å². The van der Waals surface area contributed by atoms with E-state index in [1.54, 1.807) is 13.8 Å². The number of hydrogen-bond donors (Lipinski definition) is 2. The molecule has 0 aromatic heterocycles. The van der Waals surface area contributed by atoms with Crippen LogP contribution in [0.3, 0.4) is 0 Å². The summed E-state index contributed by atoms with van der Waals surface area (Å²) in [4.78, 5) is 39.2. The second-order valence-electron chi connectivity index (χ2n) is 8.01. The van der Waals surface area contributed by atoms with Crippen LogP contribution < -0.4 is 5.32 Å². The maximum atomic E-state index is 13.3. The third kappa shape index (κ3) is 6.79. The summed E-state index contributed by atoms with van der Waals surface area (Å²) in [5.41, 5.74) is 3.03. The molecule has 0 fully saturated rings. The van der Waals surface area contributed by atoms with Crippen LogP contribution in [0.4, 0.5) is 0 Å². The summed E-state index contributed by atoms with van der Waals surface area (Å²) >= 11 is 0. The van der Waals surface area contributed by atoms with Crippen molar-refractivity contribution in [2.75, 3.05) is 6.61 Å². The lowest BCUT2D eigenvalue weighted by Gasteiger charge is -2.37. The maximum Gasteiger partial charge on any atom is 0.329 e. The van der Waals surface area contributed by atoms with E-state index in [1.807, 2.05) is 54.6 Å². The molecule has 33 heavy (non-hydrogen) atoms. The molecule has 2 aromatic rings. The van der Waals surface area contributed by atoms with Crippen LogP contribution in [-0.2, 0) is 38.5 Å². The van der Waals surface area contributed by atoms with Crippen LogP contribution in [0, 0.1) is 0 Å². The molecule has 0 saturated carbocycles. The van der Waals surface area contributed by atoms with E-state index in [2.05, 4.69) is 5.32 Å². The minimum Gasteiger partial charge on any atom is -0.480 e. The first-order chi connectivity index (χ1) is 15.4. The molecule has 1 aliphatic rings. The number of nitrogens with zero attached hydrogens (tertiary/aromatic N) is 1. The van der Waals surface area contributed by atoms with E-state index in [0.717, 1.165) is 16.7 Å². The molecular weight excluding hydrogens is 444 g/mol. The number of nitrogens with one attached hydrogen (secondary N) is 1. The lowest BCUT2D eigenvalue weighted by atomic mass is 9.93. The van der Waals surface area contributed by atoms with E-state index in [9.17, 15) is 19.5 Å². The molecule has 0 unspecified atom stereocenters. The number of carbonyl (C=O) groups is 3. The quantitative estimate of drug-likeness (QED) is 0.542. The Labute approximate surface area is 200 Å². The molecule has 0 saturated heterocycles. The van der Waals surface area contributed by atoms with Crippen LogP contribution in [0.15, 0.2) is 54.6 Å². The van der Waals surface area contributed by atoms with E-state index in [1.165, 1.54) is 4.90 Å². The van der Waals surface area contributed by atoms with Gasteiger partial charge in [0.15, 0.2) is 0 Å². The highest BCUT2D eigenvalue weighted by molar-refractivity contribution is 5.88. The molecule has 178 valence electrons. The lowest BCUT2D eigenvalue weighted by Crippen LogP contribution is -2.56. The van der Waals surface area contributed by atoms with E-state index in [0.29, 0.717) is 19.3 Å². The summed E-state index contributed by atoms with van der Waals surface area (Å²) in [7, 11) is 0. The number of amides is 1. The molecule has 1 amide bonds. The smallest absolute Gasteiger partial charge is 0.329 e. The number of carboxylic acid groups (broad SMARTS) is 1. The number of benzene rings is 2. The van der Waals surface area contributed by atoms with Crippen molar-refractivity contribution in [1.82, 2.24) is 10.2 Å². The van der Waals surface area contributed by atoms with Crippen molar-refractivity contribution < 1.29 is 24.2 Å². The molecule has 3 atom stereocenters. The van der Waals surface area contributed by atoms with E-state index < -0.39 is 30.1 Å². The molecule has 2 aromatic carbocycles. The molecule has 8 heteroatoms. The number of carbonyl (C=O) groups excluding carboxylic acids is 2. The van der Waals surface area contributed by atoms with Gasteiger partial charge in [0.1, 0.15) is 12.1 Å². The third-order valence-corrected chi connectivity index (χ3v) is 5.77. The highest BCUT2D eigenvalue weighted by Crippen LogP contribution is 2.25. The number of aliphatic carboxylic acids is 1. The molecule has 1 aliphatic heterocycles. The monoisotopic (exact) mass is 474 g/mol. The van der Waals surface area contributed by atoms with Crippen molar-refractivity contribution in [3.63, 3.8) is 0 Å². The summed E-state index contributed by atoms with van der Waals surface area (Å²) in [5.74, 6) is -1.77. The average Bonchev–Trinajstić information content (AvgIpc) is 2.80.